The predicted octanol–water partition coefficient (Wildman–Crippen LogP) is 2.46. The minimum atomic E-state index is 0.119. The number of hydrogen-bond acceptors (Lipinski definition) is 3. The van der Waals surface area contributed by atoms with E-state index in [1.54, 1.807) is 6.08 Å². The van der Waals surface area contributed by atoms with Crippen LogP contribution in [0, 0.1) is 0 Å². The van der Waals surface area contributed by atoms with Gasteiger partial charge in [0.05, 0.1) is 0 Å². The second-order valence-electron chi connectivity index (χ2n) is 2.46. The first-order chi connectivity index (χ1) is 5.79. The third-order valence-electron chi connectivity index (χ3n) is 1.59. The summed E-state index contributed by atoms with van der Waals surface area (Å²) >= 11 is 1.33. The first-order valence-corrected chi connectivity index (χ1v) is 4.70. The quantitative estimate of drug-likeness (QED) is 0.527. The summed E-state index contributed by atoms with van der Waals surface area (Å²) in [5.74, 6) is 0.119. The minimum absolute atomic E-state index is 0.119. The first kappa shape index (κ1) is 9.13. The van der Waals surface area contributed by atoms with Gasteiger partial charge in [0.25, 0.3) is 0 Å². The van der Waals surface area contributed by atoms with Gasteiger partial charge in [-0.25, -0.2) is 0 Å². The Morgan fingerprint density at radius 3 is 3.17 bits per heavy atom. The zero-order valence-electron chi connectivity index (χ0n) is 7.04. The zero-order chi connectivity index (χ0) is 8.97. The van der Waals surface area contributed by atoms with Gasteiger partial charge in [0.2, 0.25) is 0 Å². The van der Waals surface area contributed by atoms with Crippen molar-refractivity contribution < 1.29 is 4.79 Å². The average Bonchev–Trinajstić information content (AvgIpc) is 2.52. The summed E-state index contributed by atoms with van der Waals surface area (Å²) in [5.41, 5.74) is 1.63. The van der Waals surface area contributed by atoms with Gasteiger partial charge in [0.15, 0.2) is 5.78 Å². The molecule has 3 heteroatoms. The highest BCUT2D eigenvalue weighted by atomic mass is 32.1. The fraction of sp³-hybridized carbons (Fsp3) is 0.333. The Morgan fingerprint density at radius 1 is 1.83 bits per heavy atom. The molecule has 0 N–H and O–H groups in total. The van der Waals surface area contributed by atoms with Crippen molar-refractivity contribution in [1.82, 2.24) is 4.37 Å². The van der Waals surface area contributed by atoms with Gasteiger partial charge in [-0.05, 0) is 23.5 Å². The molecule has 0 spiro atoms. The molecule has 1 aromatic heterocycles. The van der Waals surface area contributed by atoms with Crippen LogP contribution in [0.5, 0.6) is 0 Å². The van der Waals surface area contributed by atoms with E-state index in [9.17, 15) is 4.79 Å². The molecule has 1 rings (SSSR count). The number of hydrogen-bond donors (Lipinski definition) is 0. The molecule has 0 saturated heterocycles. The van der Waals surface area contributed by atoms with Crippen molar-refractivity contribution in [2.75, 3.05) is 0 Å². The maximum Gasteiger partial charge on any atom is 0.182 e. The molecular formula is C9H11NOS. The van der Waals surface area contributed by atoms with Crippen LogP contribution >= 0.6 is 11.5 Å². The molecule has 1 heterocycles. The Labute approximate surface area is 76.1 Å². The van der Waals surface area contributed by atoms with Gasteiger partial charge < -0.3 is 0 Å². The Balaban J connectivity index is 2.90. The monoisotopic (exact) mass is 181 g/mol. The molecule has 1 aromatic rings. The predicted molar refractivity (Wildman–Crippen MR) is 50.6 cm³/mol. The molecule has 0 amide bonds. The third kappa shape index (κ3) is 1.80. The van der Waals surface area contributed by atoms with Gasteiger partial charge >= 0.3 is 0 Å². The average molecular weight is 181 g/mol. The second-order valence-corrected chi connectivity index (χ2v) is 3.09. The molecule has 64 valence electrons. The summed E-state index contributed by atoms with van der Waals surface area (Å²) in [7, 11) is 0. The van der Waals surface area contributed by atoms with Crippen LogP contribution in [0.25, 0.3) is 0 Å². The maximum absolute atomic E-state index is 11.3. The van der Waals surface area contributed by atoms with E-state index in [0.29, 0.717) is 12.1 Å². The fourth-order valence-corrected chi connectivity index (χ4v) is 1.67. The van der Waals surface area contributed by atoms with Crippen molar-refractivity contribution in [3.05, 3.63) is 29.3 Å². The molecule has 0 fully saturated rings. The normalized spacial score (nSPS) is 9.75. The highest BCUT2D eigenvalue weighted by Crippen LogP contribution is 2.13. The van der Waals surface area contributed by atoms with Gasteiger partial charge in [-0.15, -0.1) is 6.58 Å². The van der Waals surface area contributed by atoms with E-state index in [1.165, 1.54) is 11.5 Å². The molecule has 0 aromatic carbocycles. The molecule has 0 radical (unpaired) electrons. The van der Waals surface area contributed by atoms with Crippen LogP contribution in [0.2, 0.25) is 0 Å². The lowest BCUT2D eigenvalue weighted by molar-refractivity contribution is 0.0983. The van der Waals surface area contributed by atoms with E-state index in [2.05, 4.69) is 11.0 Å². The molecule has 0 bridgehead atoms. The van der Waals surface area contributed by atoms with E-state index in [0.717, 1.165) is 12.0 Å². The van der Waals surface area contributed by atoms with Crippen LogP contribution < -0.4 is 0 Å². The van der Waals surface area contributed by atoms with E-state index < -0.39 is 0 Å². The summed E-state index contributed by atoms with van der Waals surface area (Å²) in [5, 5.41) is 1.91. The molecule has 0 saturated carbocycles. The third-order valence-corrected chi connectivity index (χ3v) is 2.27. The van der Waals surface area contributed by atoms with Crippen LogP contribution in [0.3, 0.4) is 0 Å². The standard InChI is InChI=1S/C9H11NOS/c1-3-5-7-6-12-10-9(7)8(11)4-2/h3,6H,1,4-5H2,2H3. The summed E-state index contributed by atoms with van der Waals surface area (Å²) in [6.07, 6.45) is 3.04. The lowest BCUT2D eigenvalue weighted by atomic mass is 10.1. The van der Waals surface area contributed by atoms with Crippen LogP contribution in [0.15, 0.2) is 18.0 Å². The highest BCUT2D eigenvalue weighted by molar-refractivity contribution is 7.03. The molecule has 2 nitrogen and oxygen atoms in total. The molecule has 0 aliphatic heterocycles. The molecule has 0 aliphatic carbocycles. The van der Waals surface area contributed by atoms with Crippen molar-refractivity contribution >= 4 is 17.3 Å². The number of carbonyl (C=O) groups excluding carboxylic acids is 1. The largest absolute Gasteiger partial charge is 0.292 e. The van der Waals surface area contributed by atoms with Gasteiger partial charge in [-0.1, -0.05) is 13.0 Å². The van der Waals surface area contributed by atoms with Crippen LogP contribution in [-0.4, -0.2) is 10.2 Å². The van der Waals surface area contributed by atoms with E-state index in [4.69, 9.17) is 0 Å². The van der Waals surface area contributed by atoms with E-state index >= 15 is 0 Å². The Kier molecular flexibility index (Phi) is 3.17. The van der Waals surface area contributed by atoms with Crippen molar-refractivity contribution in [3.63, 3.8) is 0 Å². The summed E-state index contributed by atoms with van der Waals surface area (Å²) < 4.78 is 4.05. The Morgan fingerprint density at radius 2 is 2.58 bits per heavy atom. The molecule has 0 unspecified atom stereocenters. The number of Topliss-reactive ketones (excluding diaryl/α,β-unsaturated/α-hetero) is 1. The fourth-order valence-electron chi connectivity index (χ4n) is 0.955. The molecule has 0 atom stereocenters. The Bertz CT molecular complexity index is 290. The van der Waals surface area contributed by atoms with E-state index in [-0.39, 0.29) is 5.78 Å². The molecular weight excluding hydrogens is 170 g/mol. The topological polar surface area (TPSA) is 30.0 Å². The van der Waals surface area contributed by atoms with E-state index in [1.807, 2.05) is 12.3 Å². The van der Waals surface area contributed by atoms with Crippen molar-refractivity contribution in [3.8, 4) is 0 Å². The highest BCUT2D eigenvalue weighted by Gasteiger charge is 2.10. The summed E-state index contributed by atoms with van der Waals surface area (Å²) in [6.45, 7) is 5.47. The van der Waals surface area contributed by atoms with Gasteiger partial charge in [0.1, 0.15) is 5.69 Å². The summed E-state index contributed by atoms with van der Waals surface area (Å²) in [6, 6.07) is 0. The van der Waals surface area contributed by atoms with Gasteiger partial charge in [-0.3, -0.25) is 4.79 Å². The lowest BCUT2D eigenvalue weighted by Crippen LogP contribution is -2.00. The number of ketones is 1. The number of allylic oxidation sites excluding steroid dienone is 1. The summed E-state index contributed by atoms with van der Waals surface area (Å²) in [4.78, 5) is 11.3. The van der Waals surface area contributed by atoms with Gasteiger partial charge in [-0.2, -0.15) is 4.37 Å². The first-order valence-electron chi connectivity index (χ1n) is 3.87. The SMILES string of the molecule is C=CCc1csnc1C(=O)CC. The maximum atomic E-state index is 11.3. The van der Waals surface area contributed by atoms with Crippen LogP contribution in [-0.2, 0) is 6.42 Å². The molecule has 0 aliphatic rings. The molecule has 12 heavy (non-hydrogen) atoms. The van der Waals surface area contributed by atoms with Crippen molar-refractivity contribution in [1.29, 1.82) is 0 Å². The van der Waals surface area contributed by atoms with Crippen LogP contribution in [0.1, 0.15) is 29.4 Å². The second kappa shape index (κ2) is 4.16. The van der Waals surface area contributed by atoms with Crippen molar-refractivity contribution in [2.24, 2.45) is 0 Å². The smallest absolute Gasteiger partial charge is 0.182 e. The minimum Gasteiger partial charge on any atom is -0.292 e. The number of carbonyl (C=O) groups is 1. The lowest BCUT2D eigenvalue weighted by Gasteiger charge is -1.94. The van der Waals surface area contributed by atoms with Crippen molar-refractivity contribution in [2.45, 2.75) is 19.8 Å². The number of nitrogens with zero attached hydrogens (tertiary/aromatic N) is 1. The zero-order valence-corrected chi connectivity index (χ0v) is 7.86. The van der Waals surface area contributed by atoms with Crippen LogP contribution in [0.4, 0.5) is 0 Å². The number of aromatic nitrogens is 1. The van der Waals surface area contributed by atoms with Gasteiger partial charge in [0, 0.05) is 11.8 Å². The number of rotatable bonds is 4. The Hall–Kier alpha value is -0.960.